The fourth-order valence-electron chi connectivity index (χ4n) is 3.11. The smallest absolute Gasteiger partial charge is 0.281 e. The molecule has 0 spiro atoms. The highest BCUT2D eigenvalue weighted by molar-refractivity contribution is 8.00. The van der Waals surface area contributed by atoms with Crippen LogP contribution in [-0.2, 0) is 12.8 Å². The van der Waals surface area contributed by atoms with E-state index in [0.717, 1.165) is 22.5 Å². The normalized spacial score (nSPS) is 14.9. The van der Waals surface area contributed by atoms with E-state index in [2.05, 4.69) is 20.3 Å². The van der Waals surface area contributed by atoms with Gasteiger partial charge in [-0.3, -0.25) is 10.1 Å². The monoisotopic (exact) mass is 365 g/mol. The maximum absolute atomic E-state index is 12.7. The van der Waals surface area contributed by atoms with E-state index >= 15 is 0 Å². The predicted octanol–water partition coefficient (Wildman–Crippen LogP) is 4.07. The van der Waals surface area contributed by atoms with Crippen LogP contribution in [0.3, 0.4) is 0 Å². The topological polar surface area (TPSA) is 59.4 Å². The Morgan fingerprint density at radius 2 is 2.16 bits per heavy atom. The summed E-state index contributed by atoms with van der Waals surface area (Å²) in [6, 6.07) is 3.72. The molecule has 0 saturated heterocycles. The van der Waals surface area contributed by atoms with E-state index in [4.69, 9.17) is 0 Å². The molecule has 1 aliphatic carbocycles. The first-order valence-electron chi connectivity index (χ1n) is 7.73. The molecule has 5 nitrogen and oxygen atoms in total. The van der Waals surface area contributed by atoms with E-state index in [0.29, 0.717) is 24.2 Å². The van der Waals surface area contributed by atoms with Gasteiger partial charge in [0, 0.05) is 23.5 Å². The van der Waals surface area contributed by atoms with E-state index < -0.39 is 10.8 Å². The van der Waals surface area contributed by atoms with Crippen LogP contribution >= 0.6 is 11.8 Å². The van der Waals surface area contributed by atoms with Gasteiger partial charge in [-0.1, -0.05) is 0 Å². The van der Waals surface area contributed by atoms with Crippen molar-refractivity contribution in [3.8, 4) is 16.9 Å². The molecule has 0 aliphatic heterocycles. The van der Waals surface area contributed by atoms with Crippen LogP contribution in [0.5, 0.6) is 0 Å². The quantitative estimate of drug-likeness (QED) is 0.760. The first-order valence-corrected chi connectivity index (χ1v) is 8.61. The lowest BCUT2D eigenvalue weighted by Gasteiger charge is -2.16. The number of pyridine rings is 1. The van der Waals surface area contributed by atoms with Crippen molar-refractivity contribution in [1.29, 1.82) is 0 Å². The van der Waals surface area contributed by atoms with Gasteiger partial charge in [-0.15, -0.1) is 0 Å². The van der Waals surface area contributed by atoms with E-state index in [1.807, 2.05) is 18.3 Å². The van der Waals surface area contributed by atoms with Crippen LogP contribution in [0.4, 0.5) is 13.2 Å². The second kappa shape index (κ2) is 5.91. The number of fused-ring (bicyclic) bond motifs is 3. The molecular formula is C16H14F3N5S. The molecule has 25 heavy (non-hydrogen) atoms. The summed E-state index contributed by atoms with van der Waals surface area (Å²) in [4.78, 5) is 4.08. The molecule has 0 fully saturated rings. The maximum atomic E-state index is 12.7. The zero-order chi connectivity index (χ0) is 17.6. The van der Waals surface area contributed by atoms with Crippen molar-refractivity contribution in [3.05, 3.63) is 47.7 Å². The predicted molar refractivity (Wildman–Crippen MR) is 88.4 cm³/mol. The van der Waals surface area contributed by atoms with Gasteiger partial charge in [-0.05, 0) is 43.7 Å². The lowest BCUT2D eigenvalue weighted by molar-refractivity contribution is -0.0333. The average Bonchev–Trinajstić information content (AvgIpc) is 3.17. The first kappa shape index (κ1) is 16.2. The van der Waals surface area contributed by atoms with Crippen molar-refractivity contribution >= 4 is 11.8 Å². The fourth-order valence-corrected chi connectivity index (χ4v) is 3.82. The zero-order valence-corrected chi connectivity index (χ0v) is 14.0. The lowest BCUT2D eigenvalue weighted by atomic mass is 9.93. The number of hydrogen-bond acceptors (Lipinski definition) is 4. The van der Waals surface area contributed by atoms with Crippen LogP contribution in [0, 0.1) is 0 Å². The Balaban J connectivity index is 1.70. The molecular weight excluding hydrogens is 351 g/mol. The van der Waals surface area contributed by atoms with Crippen molar-refractivity contribution in [2.24, 2.45) is 0 Å². The van der Waals surface area contributed by atoms with Crippen molar-refractivity contribution in [2.75, 3.05) is 0 Å². The van der Waals surface area contributed by atoms with Gasteiger partial charge in [0.1, 0.15) is 0 Å². The molecule has 1 unspecified atom stereocenters. The third-order valence-corrected chi connectivity index (χ3v) is 5.04. The summed E-state index contributed by atoms with van der Waals surface area (Å²) >= 11 is -0.0297. The number of aromatic nitrogens is 5. The molecule has 3 aromatic rings. The molecule has 1 aliphatic rings. The van der Waals surface area contributed by atoms with Crippen LogP contribution < -0.4 is 0 Å². The number of thioether (sulfide) groups is 1. The molecule has 0 saturated carbocycles. The molecule has 0 radical (unpaired) electrons. The number of rotatable bonds is 3. The van der Waals surface area contributed by atoms with Crippen molar-refractivity contribution in [2.45, 2.75) is 30.5 Å². The standard InChI is InChI=1S/C16H14F3N5S/c1-9(25-16(17,18)19)14-11-4-5-13-12(15(11)22-21-14)8-24(23-13)10-3-2-6-20-7-10/h2-3,6-9H,4-5H2,1H3,(H,21,22). The molecule has 130 valence electrons. The van der Waals surface area contributed by atoms with Gasteiger partial charge >= 0.3 is 5.51 Å². The Morgan fingerprint density at radius 3 is 2.88 bits per heavy atom. The van der Waals surface area contributed by atoms with Gasteiger partial charge < -0.3 is 0 Å². The Hall–Kier alpha value is -2.29. The molecule has 4 rings (SSSR count). The Morgan fingerprint density at radius 1 is 1.32 bits per heavy atom. The minimum absolute atomic E-state index is 0.0297. The Labute approximate surface area is 145 Å². The maximum Gasteiger partial charge on any atom is 0.442 e. The van der Waals surface area contributed by atoms with Crippen LogP contribution in [-0.4, -0.2) is 30.5 Å². The number of aromatic amines is 1. The van der Waals surface area contributed by atoms with E-state index in [1.165, 1.54) is 0 Å². The van der Waals surface area contributed by atoms with Gasteiger partial charge in [-0.25, -0.2) is 4.68 Å². The number of nitrogens with one attached hydrogen (secondary N) is 1. The minimum atomic E-state index is -4.28. The van der Waals surface area contributed by atoms with Gasteiger partial charge in [0.05, 0.1) is 34.2 Å². The molecule has 9 heteroatoms. The van der Waals surface area contributed by atoms with E-state index in [1.54, 1.807) is 24.0 Å². The number of nitrogens with zero attached hydrogens (tertiary/aromatic N) is 4. The lowest BCUT2D eigenvalue weighted by Crippen LogP contribution is -2.08. The summed E-state index contributed by atoms with van der Waals surface area (Å²) < 4.78 is 39.7. The third-order valence-electron chi connectivity index (χ3n) is 4.18. The highest BCUT2D eigenvalue weighted by Crippen LogP contribution is 2.44. The van der Waals surface area contributed by atoms with Crippen LogP contribution in [0.1, 0.15) is 29.1 Å². The van der Waals surface area contributed by atoms with Crippen molar-refractivity contribution in [1.82, 2.24) is 25.0 Å². The summed E-state index contributed by atoms with van der Waals surface area (Å²) in [5.41, 5.74) is 0.390. The molecule has 0 bridgehead atoms. The molecule has 1 N–H and O–H groups in total. The van der Waals surface area contributed by atoms with Gasteiger partial charge in [-0.2, -0.15) is 23.4 Å². The fraction of sp³-hybridized carbons (Fsp3) is 0.312. The number of aryl methyl sites for hydroxylation is 1. The van der Waals surface area contributed by atoms with E-state index in [-0.39, 0.29) is 11.8 Å². The number of alkyl halides is 3. The van der Waals surface area contributed by atoms with Crippen molar-refractivity contribution in [3.63, 3.8) is 0 Å². The zero-order valence-electron chi connectivity index (χ0n) is 13.2. The Kier molecular flexibility index (Phi) is 3.82. The van der Waals surface area contributed by atoms with Gasteiger partial charge in [0.15, 0.2) is 0 Å². The van der Waals surface area contributed by atoms with Gasteiger partial charge in [0.25, 0.3) is 0 Å². The number of hydrogen-bond donors (Lipinski definition) is 1. The Bertz CT molecular complexity index is 900. The van der Waals surface area contributed by atoms with Crippen molar-refractivity contribution < 1.29 is 13.2 Å². The minimum Gasteiger partial charge on any atom is -0.281 e. The first-order chi connectivity index (χ1) is 11.9. The molecule has 0 amide bonds. The highest BCUT2D eigenvalue weighted by atomic mass is 32.2. The molecule has 0 aromatic carbocycles. The second-order valence-electron chi connectivity index (χ2n) is 5.82. The summed E-state index contributed by atoms with van der Waals surface area (Å²) in [5.74, 6) is 0. The van der Waals surface area contributed by atoms with E-state index in [9.17, 15) is 13.2 Å². The second-order valence-corrected chi connectivity index (χ2v) is 7.22. The van der Waals surface area contributed by atoms with Crippen LogP contribution in [0.25, 0.3) is 16.9 Å². The van der Waals surface area contributed by atoms with Gasteiger partial charge in [0.2, 0.25) is 0 Å². The van der Waals surface area contributed by atoms with Crippen LogP contribution in [0.2, 0.25) is 0 Å². The summed E-state index contributed by atoms with van der Waals surface area (Å²) in [6.07, 6.45) is 6.55. The van der Waals surface area contributed by atoms with Crippen LogP contribution in [0.15, 0.2) is 30.7 Å². The molecule has 3 heterocycles. The molecule has 3 aromatic heterocycles. The summed E-state index contributed by atoms with van der Waals surface area (Å²) in [7, 11) is 0. The molecule has 1 atom stereocenters. The summed E-state index contributed by atoms with van der Waals surface area (Å²) in [6.45, 7) is 1.54. The summed E-state index contributed by atoms with van der Waals surface area (Å²) in [5, 5.41) is 10.9. The largest absolute Gasteiger partial charge is 0.442 e. The SMILES string of the molecule is CC(SC(F)(F)F)c1[nH]nc2c1CCc1nn(-c3cccnc3)cc1-2. The number of H-pyrrole nitrogens is 1. The highest BCUT2D eigenvalue weighted by Gasteiger charge is 2.35. The average molecular weight is 365 g/mol. The number of halogens is 3. The third kappa shape index (κ3) is 3.04.